The predicted molar refractivity (Wildman–Crippen MR) is 97.0 cm³/mol. The number of thiazole rings is 1. The molecule has 128 valence electrons. The lowest BCUT2D eigenvalue weighted by Crippen LogP contribution is -2.40. The first-order chi connectivity index (χ1) is 11.6. The van der Waals surface area contributed by atoms with Crippen LogP contribution in [0.25, 0.3) is 0 Å². The molecule has 1 fully saturated rings. The molecule has 24 heavy (non-hydrogen) atoms. The van der Waals surface area contributed by atoms with Gasteiger partial charge in [0, 0.05) is 30.1 Å². The van der Waals surface area contributed by atoms with Crippen molar-refractivity contribution in [1.29, 1.82) is 0 Å². The summed E-state index contributed by atoms with van der Waals surface area (Å²) in [6.07, 6.45) is 5.10. The Hall–Kier alpha value is -1.95. The molecule has 0 saturated heterocycles. The smallest absolute Gasteiger partial charge is 0.191 e. The SMILES string of the molecule is CCc1cnc(CNC(=NC)NCC2(c3cccc(F)c3)CC2)s1. The Kier molecular flexibility index (Phi) is 5.14. The minimum Gasteiger partial charge on any atom is -0.356 e. The van der Waals surface area contributed by atoms with Gasteiger partial charge in [-0.15, -0.1) is 11.3 Å². The molecular weight excluding hydrogens is 323 g/mol. The average molecular weight is 346 g/mol. The Bertz CT molecular complexity index is 721. The van der Waals surface area contributed by atoms with Crippen molar-refractivity contribution in [3.8, 4) is 0 Å². The second-order valence-corrected chi connectivity index (χ2v) is 7.34. The number of halogens is 1. The van der Waals surface area contributed by atoms with Crippen LogP contribution in [0.1, 0.15) is 35.2 Å². The molecule has 1 heterocycles. The van der Waals surface area contributed by atoms with Crippen LogP contribution in [0.2, 0.25) is 0 Å². The first-order valence-electron chi connectivity index (χ1n) is 8.29. The van der Waals surface area contributed by atoms with Gasteiger partial charge in [0.1, 0.15) is 10.8 Å². The summed E-state index contributed by atoms with van der Waals surface area (Å²) in [6, 6.07) is 6.93. The van der Waals surface area contributed by atoms with Crippen molar-refractivity contribution in [1.82, 2.24) is 15.6 Å². The molecule has 0 bridgehead atoms. The second-order valence-electron chi connectivity index (χ2n) is 6.14. The number of aromatic nitrogens is 1. The summed E-state index contributed by atoms with van der Waals surface area (Å²) in [5.41, 5.74) is 1.11. The van der Waals surface area contributed by atoms with Gasteiger partial charge in [0.05, 0.1) is 6.54 Å². The van der Waals surface area contributed by atoms with Crippen molar-refractivity contribution in [2.24, 2.45) is 4.99 Å². The Morgan fingerprint density at radius 1 is 1.38 bits per heavy atom. The largest absolute Gasteiger partial charge is 0.356 e. The number of benzene rings is 1. The van der Waals surface area contributed by atoms with Gasteiger partial charge in [-0.25, -0.2) is 9.37 Å². The fraction of sp³-hybridized carbons (Fsp3) is 0.444. The van der Waals surface area contributed by atoms with Gasteiger partial charge in [-0.3, -0.25) is 4.99 Å². The van der Waals surface area contributed by atoms with Crippen LogP contribution in [-0.4, -0.2) is 24.5 Å². The molecule has 3 rings (SSSR count). The van der Waals surface area contributed by atoms with E-state index in [1.165, 1.54) is 10.9 Å². The van der Waals surface area contributed by atoms with Crippen molar-refractivity contribution in [2.45, 2.75) is 38.1 Å². The molecule has 1 saturated carbocycles. The van der Waals surface area contributed by atoms with Gasteiger partial charge in [-0.1, -0.05) is 19.1 Å². The van der Waals surface area contributed by atoms with Gasteiger partial charge < -0.3 is 10.6 Å². The second kappa shape index (κ2) is 7.30. The van der Waals surface area contributed by atoms with E-state index in [4.69, 9.17) is 0 Å². The summed E-state index contributed by atoms with van der Waals surface area (Å²) >= 11 is 1.72. The normalized spacial score (nSPS) is 16.0. The monoisotopic (exact) mass is 346 g/mol. The van der Waals surface area contributed by atoms with E-state index in [1.807, 2.05) is 12.3 Å². The number of guanidine groups is 1. The van der Waals surface area contributed by atoms with E-state index < -0.39 is 0 Å². The zero-order chi connectivity index (χ0) is 17.0. The van der Waals surface area contributed by atoms with Crippen LogP contribution >= 0.6 is 11.3 Å². The molecule has 1 aliphatic carbocycles. The molecule has 0 amide bonds. The van der Waals surface area contributed by atoms with Crippen LogP contribution in [0, 0.1) is 5.82 Å². The molecule has 2 N–H and O–H groups in total. The zero-order valence-electron chi connectivity index (χ0n) is 14.1. The van der Waals surface area contributed by atoms with E-state index in [2.05, 4.69) is 27.5 Å². The van der Waals surface area contributed by atoms with E-state index in [-0.39, 0.29) is 11.2 Å². The van der Waals surface area contributed by atoms with Gasteiger partial charge in [0.15, 0.2) is 5.96 Å². The molecule has 0 atom stereocenters. The van der Waals surface area contributed by atoms with Crippen molar-refractivity contribution in [3.05, 3.63) is 51.7 Å². The van der Waals surface area contributed by atoms with E-state index >= 15 is 0 Å². The molecule has 2 aromatic rings. The molecule has 1 aromatic carbocycles. The zero-order valence-corrected chi connectivity index (χ0v) is 14.9. The molecule has 0 aliphatic heterocycles. The number of rotatable bonds is 6. The van der Waals surface area contributed by atoms with E-state index in [1.54, 1.807) is 30.5 Å². The summed E-state index contributed by atoms with van der Waals surface area (Å²) in [5.74, 6) is 0.586. The summed E-state index contributed by atoms with van der Waals surface area (Å²) in [7, 11) is 1.76. The van der Waals surface area contributed by atoms with Crippen LogP contribution in [0.4, 0.5) is 4.39 Å². The minimum atomic E-state index is -0.170. The van der Waals surface area contributed by atoms with Crippen molar-refractivity contribution < 1.29 is 4.39 Å². The summed E-state index contributed by atoms with van der Waals surface area (Å²) in [4.78, 5) is 9.96. The number of hydrogen-bond donors (Lipinski definition) is 2. The van der Waals surface area contributed by atoms with Gasteiger partial charge in [-0.2, -0.15) is 0 Å². The van der Waals surface area contributed by atoms with Crippen LogP contribution in [0.15, 0.2) is 35.5 Å². The summed E-state index contributed by atoms with van der Waals surface area (Å²) in [6.45, 7) is 3.55. The number of aryl methyl sites for hydroxylation is 1. The quantitative estimate of drug-likeness (QED) is 0.624. The molecule has 1 aromatic heterocycles. The molecule has 0 spiro atoms. The molecular formula is C18H23FN4S. The van der Waals surface area contributed by atoms with Crippen LogP contribution in [0.5, 0.6) is 0 Å². The number of nitrogens with one attached hydrogen (secondary N) is 2. The first-order valence-corrected chi connectivity index (χ1v) is 9.11. The number of hydrogen-bond acceptors (Lipinski definition) is 3. The van der Waals surface area contributed by atoms with Crippen molar-refractivity contribution >= 4 is 17.3 Å². The molecule has 6 heteroatoms. The van der Waals surface area contributed by atoms with E-state index in [9.17, 15) is 4.39 Å². The lowest BCUT2D eigenvalue weighted by atomic mass is 9.96. The van der Waals surface area contributed by atoms with Gasteiger partial charge >= 0.3 is 0 Å². The Morgan fingerprint density at radius 3 is 2.83 bits per heavy atom. The van der Waals surface area contributed by atoms with Gasteiger partial charge in [0.25, 0.3) is 0 Å². The predicted octanol–water partition coefficient (Wildman–Crippen LogP) is 3.24. The highest BCUT2D eigenvalue weighted by Gasteiger charge is 2.44. The van der Waals surface area contributed by atoms with Gasteiger partial charge in [0.2, 0.25) is 0 Å². The summed E-state index contributed by atoms with van der Waals surface area (Å²) in [5, 5.41) is 7.73. The lowest BCUT2D eigenvalue weighted by molar-refractivity contribution is 0.607. The van der Waals surface area contributed by atoms with Crippen molar-refractivity contribution in [2.75, 3.05) is 13.6 Å². The molecule has 4 nitrogen and oxygen atoms in total. The third-order valence-corrected chi connectivity index (χ3v) is 5.61. The van der Waals surface area contributed by atoms with E-state index in [0.717, 1.165) is 42.3 Å². The third-order valence-electron chi connectivity index (χ3n) is 4.47. The van der Waals surface area contributed by atoms with Gasteiger partial charge in [-0.05, 0) is 37.0 Å². The summed E-state index contributed by atoms with van der Waals surface area (Å²) < 4.78 is 13.5. The highest BCUT2D eigenvalue weighted by molar-refractivity contribution is 7.11. The first kappa shape index (κ1) is 16.9. The maximum atomic E-state index is 13.5. The topological polar surface area (TPSA) is 49.3 Å². The van der Waals surface area contributed by atoms with Crippen molar-refractivity contribution in [3.63, 3.8) is 0 Å². The fourth-order valence-corrected chi connectivity index (χ4v) is 3.56. The third kappa shape index (κ3) is 3.93. The van der Waals surface area contributed by atoms with Crippen LogP contribution in [-0.2, 0) is 18.4 Å². The van der Waals surface area contributed by atoms with Crippen LogP contribution in [0.3, 0.4) is 0 Å². The Balaban J connectivity index is 1.54. The Morgan fingerprint density at radius 2 is 2.21 bits per heavy atom. The molecule has 1 aliphatic rings. The fourth-order valence-electron chi connectivity index (χ4n) is 2.76. The Labute approximate surface area is 146 Å². The minimum absolute atomic E-state index is 0.0380. The maximum Gasteiger partial charge on any atom is 0.191 e. The highest BCUT2D eigenvalue weighted by atomic mass is 32.1. The molecule has 0 radical (unpaired) electrons. The molecule has 0 unspecified atom stereocenters. The number of nitrogens with zero attached hydrogens (tertiary/aromatic N) is 2. The average Bonchev–Trinajstić information content (AvgIpc) is 3.25. The lowest BCUT2D eigenvalue weighted by Gasteiger charge is -2.19. The highest BCUT2D eigenvalue weighted by Crippen LogP contribution is 2.47. The standard InChI is InChI=1S/C18H23FN4S/c1-3-15-10-21-16(24-15)11-22-17(20-2)23-12-18(7-8-18)13-5-4-6-14(19)9-13/h4-6,9-10H,3,7-8,11-12H2,1-2H3,(H2,20,22,23). The maximum absolute atomic E-state index is 13.5. The number of aliphatic imine (C=N–C) groups is 1. The van der Waals surface area contributed by atoms with E-state index in [0.29, 0.717) is 6.54 Å². The van der Waals surface area contributed by atoms with Crippen LogP contribution < -0.4 is 10.6 Å².